The summed E-state index contributed by atoms with van der Waals surface area (Å²) in [6, 6.07) is 20.5. The zero-order valence-corrected chi connectivity index (χ0v) is 18.4. The van der Waals surface area contributed by atoms with Gasteiger partial charge in [0, 0.05) is 37.0 Å². The third-order valence-electron chi connectivity index (χ3n) is 5.26. The number of nitrogens with zero attached hydrogens (tertiary/aromatic N) is 1. The van der Waals surface area contributed by atoms with E-state index in [9.17, 15) is 18.0 Å². The molecule has 0 fully saturated rings. The lowest BCUT2D eigenvalue weighted by Gasteiger charge is -2.29. The van der Waals surface area contributed by atoms with E-state index in [4.69, 9.17) is 0 Å². The highest BCUT2D eigenvalue weighted by atomic mass is 32.2. The Kier molecular flexibility index (Phi) is 5.96. The quantitative estimate of drug-likeness (QED) is 0.622. The molecule has 0 aromatic heterocycles. The van der Waals surface area contributed by atoms with Crippen LogP contribution in [0.1, 0.15) is 28.4 Å². The highest BCUT2D eigenvalue weighted by Crippen LogP contribution is 2.26. The zero-order valence-electron chi connectivity index (χ0n) is 17.5. The highest BCUT2D eigenvalue weighted by Gasteiger charge is 2.23. The monoisotopic (exact) mass is 449 g/mol. The molecule has 0 aliphatic carbocycles. The van der Waals surface area contributed by atoms with E-state index in [0.717, 1.165) is 11.1 Å². The summed E-state index contributed by atoms with van der Waals surface area (Å²) in [6.07, 6.45) is 0.714. The fraction of sp³-hybridized carbons (Fsp3) is 0.167. The number of carbonyl (C=O) groups excluding carboxylic acids is 2. The smallest absolute Gasteiger partial charge is 0.261 e. The summed E-state index contributed by atoms with van der Waals surface area (Å²) in [5.41, 5.74) is 3.61. The van der Waals surface area contributed by atoms with Crippen LogP contribution in [0.25, 0.3) is 0 Å². The van der Waals surface area contributed by atoms with Gasteiger partial charge in [0.05, 0.1) is 4.90 Å². The van der Waals surface area contributed by atoms with E-state index < -0.39 is 10.0 Å². The molecule has 0 spiro atoms. The van der Waals surface area contributed by atoms with Crippen molar-refractivity contribution in [3.8, 4) is 0 Å². The number of fused-ring (bicyclic) bond motifs is 1. The normalized spacial score (nSPS) is 13.2. The summed E-state index contributed by atoms with van der Waals surface area (Å²) < 4.78 is 28.2. The van der Waals surface area contributed by atoms with Crippen molar-refractivity contribution in [1.29, 1.82) is 0 Å². The van der Waals surface area contributed by atoms with Gasteiger partial charge in [-0.05, 0) is 66.1 Å². The Morgan fingerprint density at radius 1 is 0.875 bits per heavy atom. The number of anilines is 2. The van der Waals surface area contributed by atoms with Gasteiger partial charge in [-0.3, -0.25) is 14.3 Å². The molecule has 0 unspecified atom stereocenters. The van der Waals surface area contributed by atoms with Gasteiger partial charge in [-0.1, -0.05) is 24.3 Å². The van der Waals surface area contributed by atoms with Crippen molar-refractivity contribution < 1.29 is 18.0 Å². The van der Waals surface area contributed by atoms with E-state index >= 15 is 0 Å². The molecule has 1 heterocycles. The van der Waals surface area contributed by atoms with E-state index in [0.29, 0.717) is 36.4 Å². The van der Waals surface area contributed by atoms with Crippen LogP contribution in [0, 0.1) is 0 Å². The Morgan fingerprint density at radius 2 is 1.56 bits per heavy atom. The van der Waals surface area contributed by atoms with Gasteiger partial charge >= 0.3 is 0 Å². The van der Waals surface area contributed by atoms with Gasteiger partial charge in [-0.2, -0.15) is 0 Å². The molecule has 2 amide bonds. The minimum absolute atomic E-state index is 0.0403. The van der Waals surface area contributed by atoms with E-state index in [-0.39, 0.29) is 16.7 Å². The number of hydrogen-bond acceptors (Lipinski definition) is 4. The van der Waals surface area contributed by atoms with E-state index in [2.05, 4.69) is 10.0 Å². The maximum absolute atomic E-state index is 12.8. The van der Waals surface area contributed by atoms with Crippen molar-refractivity contribution in [3.63, 3.8) is 0 Å². The first-order valence-electron chi connectivity index (χ1n) is 10.2. The molecular formula is C24H23N3O4S. The average molecular weight is 450 g/mol. The third-order valence-corrected chi connectivity index (χ3v) is 6.66. The van der Waals surface area contributed by atoms with Crippen LogP contribution in [0.3, 0.4) is 0 Å². The van der Waals surface area contributed by atoms with Crippen LogP contribution >= 0.6 is 0 Å². The molecule has 32 heavy (non-hydrogen) atoms. The van der Waals surface area contributed by atoms with Gasteiger partial charge < -0.3 is 10.2 Å². The van der Waals surface area contributed by atoms with E-state index in [1.165, 1.54) is 31.2 Å². The number of hydrogen-bond donors (Lipinski definition) is 2. The fourth-order valence-electron chi connectivity index (χ4n) is 3.69. The molecule has 0 atom stereocenters. The molecule has 0 radical (unpaired) electrons. The lowest BCUT2D eigenvalue weighted by Crippen LogP contribution is -2.36. The molecule has 1 aliphatic heterocycles. The van der Waals surface area contributed by atoms with Crippen LogP contribution in [-0.2, 0) is 27.8 Å². The number of amides is 2. The first-order valence-corrected chi connectivity index (χ1v) is 11.7. The van der Waals surface area contributed by atoms with Gasteiger partial charge in [0.25, 0.3) is 15.9 Å². The lowest BCUT2D eigenvalue weighted by molar-refractivity contribution is -0.114. The molecule has 7 nitrogen and oxygen atoms in total. The summed E-state index contributed by atoms with van der Waals surface area (Å²) in [6.45, 7) is 2.42. The highest BCUT2D eigenvalue weighted by molar-refractivity contribution is 7.92. The van der Waals surface area contributed by atoms with Crippen molar-refractivity contribution in [2.24, 2.45) is 0 Å². The van der Waals surface area contributed by atoms with Crippen LogP contribution in [0.5, 0.6) is 0 Å². The van der Waals surface area contributed by atoms with Crippen molar-refractivity contribution in [2.75, 3.05) is 16.6 Å². The van der Waals surface area contributed by atoms with Gasteiger partial charge in [-0.15, -0.1) is 0 Å². The number of sulfonamides is 1. The molecule has 3 aromatic carbocycles. The summed E-state index contributed by atoms with van der Waals surface area (Å²) in [4.78, 5) is 25.8. The Morgan fingerprint density at radius 3 is 2.25 bits per heavy atom. The molecule has 8 heteroatoms. The zero-order chi connectivity index (χ0) is 22.7. The van der Waals surface area contributed by atoms with Crippen LogP contribution in [0.4, 0.5) is 11.4 Å². The van der Waals surface area contributed by atoms with Crippen molar-refractivity contribution in [1.82, 2.24) is 4.90 Å². The van der Waals surface area contributed by atoms with Crippen LogP contribution in [-0.4, -0.2) is 31.7 Å². The second-order valence-electron chi connectivity index (χ2n) is 7.64. The predicted octanol–water partition coefficient (Wildman–Crippen LogP) is 3.64. The number of carbonyl (C=O) groups is 2. The third kappa shape index (κ3) is 4.81. The lowest BCUT2D eigenvalue weighted by atomic mass is 9.98. The number of benzene rings is 3. The Hall–Kier alpha value is -3.65. The van der Waals surface area contributed by atoms with Crippen molar-refractivity contribution >= 4 is 33.2 Å². The second-order valence-corrected chi connectivity index (χ2v) is 9.32. The largest absolute Gasteiger partial charge is 0.334 e. The molecule has 4 rings (SSSR count). The van der Waals surface area contributed by atoms with Gasteiger partial charge in [-0.25, -0.2) is 8.42 Å². The summed E-state index contributed by atoms with van der Waals surface area (Å²) in [5, 5.41) is 2.61. The van der Waals surface area contributed by atoms with Crippen LogP contribution in [0.15, 0.2) is 77.7 Å². The number of rotatable bonds is 5. The maximum atomic E-state index is 12.8. The summed E-state index contributed by atoms with van der Waals surface area (Å²) >= 11 is 0. The van der Waals surface area contributed by atoms with Crippen molar-refractivity contribution in [3.05, 3.63) is 89.5 Å². The molecule has 1 aliphatic rings. The van der Waals surface area contributed by atoms with Crippen molar-refractivity contribution in [2.45, 2.75) is 24.8 Å². The average Bonchev–Trinajstić information content (AvgIpc) is 2.78. The van der Waals surface area contributed by atoms with Crippen LogP contribution < -0.4 is 10.0 Å². The van der Waals surface area contributed by atoms with Gasteiger partial charge in [0.15, 0.2) is 0 Å². The molecule has 0 saturated carbocycles. The van der Waals surface area contributed by atoms with E-state index in [1.54, 1.807) is 29.2 Å². The first kappa shape index (κ1) is 21.6. The molecule has 3 aromatic rings. The summed E-state index contributed by atoms with van der Waals surface area (Å²) in [5.74, 6) is -0.269. The molecule has 0 saturated heterocycles. The van der Waals surface area contributed by atoms with E-state index in [1.807, 2.05) is 24.3 Å². The maximum Gasteiger partial charge on any atom is 0.261 e. The Balaban J connectivity index is 1.50. The first-order chi connectivity index (χ1) is 15.3. The fourth-order valence-corrected chi connectivity index (χ4v) is 4.74. The van der Waals surface area contributed by atoms with Gasteiger partial charge in [0.2, 0.25) is 5.91 Å². The molecule has 2 N–H and O–H groups in total. The topological polar surface area (TPSA) is 95.6 Å². The van der Waals surface area contributed by atoms with Gasteiger partial charge in [0.1, 0.15) is 0 Å². The predicted molar refractivity (Wildman–Crippen MR) is 123 cm³/mol. The molecule has 0 bridgehead atoms. The molecule has 164 valence electrons. The minimum atomic E-state index is -3.80. The van der Waals surface area contributed by atoms with Crippen LogP contribution in [0.2, 0.25) is 0 Å². The molecular weight excluding hydrogens is 426 g/mol. The SMILES string of the molecule is CC(=O)Nc1ccc(S(=O)(=O)Nc2ccc3c(c2)CN(C(=O)c2ccccc2)CC3)cc1. The second kappa shape index (κ2) is 8.84. The Bertz CT molecular complexity index is 1260. The summed E-state index contributed by atoms with van der Waals surface area (Å²) in [7, 11) is -3.80. The minimum Gasteiger partial charge on any atom is -0.334 e. The standard InChI is InChI=1S/C24H23N3O4S/c1-17(28)25-21-9-11-23(12-10-21)32(30,31)26-22-8-7-18-13-14-27(16-20(18)15-22)24(29)19-5-3-2-4-6-19/h2-12,15,26H,13-14,16H2,1H3,(H,25,28). The Labute approximate surface area is 187 Å². The number of nitrogens with one attached hydrogen (secondary N) is 2.